The molecule has 0 aromatic rings. The van der Waals surface area contributed by atoms with Crippen molar-refractivity contribution in [1.29, 1.82) is 0 Å². The zero-order valence-corrected chi connectivity index (χ0v) is 11.8. The SMILES string of the molecule is CCC(C)(CNC(=O)NCC1CCSC1)C(=O)O. The third-order valence-electron chi connectivity index (χ3n) is 3.51. The van der Waals surface area contributed by atoms with Crippen LogP contribution in [-0.4, -0.2) is 41.7 Å². The zero-order chi connectivity index (χ0) is 13.6. The minimum Gasteiger partial charge on any atom is -0.481 e. The molecule has 2 amide bonds. The van der Waals surface area contributed by atoms with Gasteiger partial charge in [-0.3, -0.25) is 4.79 Å². The number of aliphatic carboxylic acids is 1. The second-order valence-electron chi connectivity index (χ2n) is 5.01. The van der Waals surface area contributed by atoms with E-state index in [1.165, 1.54) is 5.75 Å². The molecule has 0 radical (unpaired) electrons. The van der Waals surface area contributed by atoms with Gasteiger partial charge in [-0.25, -0.2) is 4.79 Å². The monoisotopic (exact) mass is 274 g/mol. The fraction of sp³-hybridized carbons (Fsp3) is 0.833. The molecule has 1 rings (SSSR count). The molecule has 1 aliphatic heterocycles. The molecule has 1 heterocycles. The van der Waals surface area contributed by atoms with Crippen molar-refractivity contribution in [3.8, 4) is 0 Å². The number of carboxylic acids is 1. The van der Waals surface area contributed by atoms with Gasteiger partial charge in [0.05, 0.1) is 5.41 Å². The van der Waals surface area contributed by atoms with Crippen LogP contribution in [0, 0.1) is 11.3 Å². The minimum absolute atomic E-state index is 0.157. The van der Waals surface area contributed by atoms with Crippen LogP contribution in [0.4, 0.5) is 4.79 Å². The van der Waals surface area contributed by atoms with Crippen LogP contribution < -0.4 is 10.6 Å². The van der Waals surface area contributed by atoms with Crippen molar-refractivity contribution < 1.29 is 14.7 Å². The number of urea groups is 1. The Balaban J connectivity index is 2.25. The first kappa shape index (κ1) is 15.1. The molecule has 2 atom stereocenters. The highest BCUT2D eigenvalue weighted by atomic mass is 32.2. The summed E-state index contributed by atoms with van der Waals surface area (Å²) >= 11 is 1.91. The lowest BCUT2D eigenvalue weighted by Crippen LogP contribution is -2.45. The zero-order valence-electron chi connectivity index (χ0n) is 11.0. The molecule has 3 N–H and O–H groups in total. The third-order valence-corrected chi connectivity index (χ3v) is 4.74. The van der Waals surface area contributed by atoms with Crippen LogP contribution in [0.25, 0.3) is 0 Å². The molecule has 1 aliphatic rings. The van der Waals surface area contributed by atoms with Gasteiger partial charge in [-0.05, 0) is 37.2 Å². The average molecular weight is 274 g/mol. The molecule has 0 saturated carbocycles. The Bertz CT molecular complexity index is 306. The van der Waals surface area contributed by atoms with Crippen molar-refractivity contribution in [2.24, 2.45) is 11.3 Å². The summed E-state index contributed by atoms with van der Waals surface area (Å²) in [5, 5.41) is 14.5. The van der Waals surface area contributed by atoms with Crippen LogP contribution in [0.1, 0.15) is 26.7 Å². The molecule has 6 heteroatoms. The van der Waals surface area contributed by atoms with Gasteiger partial charge in [0.2, 0.25) is 0 Å². The molecule has 1 fully saturated rings. The molecule has 0 aromatic carbocycles. The van der Waals surface area contributed by atoms with Crippen LogP contribution >= 0.6 is 11.8 Å². The summed E-state index contributed by atoms with van der Waals surface area (Å²) in [6.07, 6.45) is 1.63. The summed E-state index contributed by atoms with van der Waals surface area (Å²) in [7, 11) is 0. The summed E-state index contributed by atoms with van der Waals surface area (Å²) in [6, 6.07) is -0.271. The Morgan fingerprint density at radius 3 is 2.67 bits per heavy atom. The Kier molecular flexibility index (Phi) is 5.78. The summed E-state index contributed by atoms with van der Waals surface area (Å²) in [5.41, 5.74) is -0.888. The smallest absolute Gasteiger partial charge is 0.314 e. The highest BCUT2D eigenvalue weighted by molar-refractivity contribution is 7.99. The van der Waals surface area contributed by atoms with Gasteiger partial charge >= 0.3 is 12.0 Å². The lowest BCUT2D eigenvalue weighted by atomic mass is 9.88. The first-order chi connectivity index (χ1) is 8.48. The van der Waals surface area contributed by atoms with E-state index >= 15 is 0 Å². The molecule has 0 aliphatic carbocycles. The average Bonchev–Trinajstić information content (AvgIpc) is 2.86. The minimum atomic E-state index is -0.888. The maximum absolute atomic E-state index is 11.6. The van der Waals surface area contributed by atoms with Gasteiger partial charge in [0, 0.05) is 13.1 Å². The van der Waals surface area contributed by atoms with Crippen molar-refractivity contribution >= 4 is 23.8 Å². The van der Waals surface area contributed by atoms with E-state index in [2.05, 4.69) is 10.6 Å². The summed E-state index contributed by atoms with van der Waals surface area (Å²) in [4.78, 5) is 22.6. The number of hydrogen-bond acceptors (Lipinski definition) is 3. The molecule has 18 heavy (non-hydrogen) atoms. The van der Waals surface area contributed by atoms with Crippen molar-refractivity contribution in [2.75, 3.05) is 24.6 Å². The Labute approximate surface area is 112 Å². The summed E-state index contributed by atoms with van der Waals surface area (Å²) in [6.45, 7) is 4.28. The predicted octanol–water partition coefficient (Wildman–Crippen LogP) is 1.54. The van der Waals surface area contributed by atoms with E-state index in [0.29, 0.717) is 18.9 Å². The van der Waals surface area contributed by atoms with Gasteiger partial charge < -0.3 is 15.7 Å². The van der Waals surface area contributed by atoms with E-state index in [1.54, 1.807) is 6.92 Å². The predicted molar refractivity (Wildman–Crippen MR) is 72.9 cm³/mol. The van der Waals surface area contributed by atoms with Crippen LogP contribution in [0.2, 0.25) is 0 Å². The molecule has 1 saturated heterocycles. The Hall–Kier alpha value is -0.910. The van der Waals surface area contributed by atoms with Gasteiger partial charge in [0.25, 0.3) is 0 Å². The first-order valence-corrected chi connectivity index (χ1v) is 7.46. The van der Waals surface area contributed by atoms with E-state index in [1.807, 2.05) is 18.7 Å². The maximum Gasteiger partial charge on any atom is 0.314 e. The molecule has 104 valence electrons. The molecular formula is C12H22N2O3S. The lowest BCUT2D eigenvalue weighted by Gasteiger charge is -2.23. The van der Waals surface area contributed by atoms with Gasteiger partial charge in [-0.2, -0.15) is 11.8 Å². The Morgan fingerprint density at radius 2 is 2.17 bits per heavy atom. The largest absolute Gasteiger partial charge is 0.481 e. The van der Waals surface area contributed by atoms with Crippen molar-refractivity contribution in [3.63, 3.8) is 0 Å². The number of amides is 2. The maximum atomic E-state index is 11.6. The van der Waals surface area contributed by atoms with E-state index in [4.69, 9.17) is 5.11 Å². The highest BCUT2D eigenvalue weighted by Gasteiger charge is 2.31. The summed E-state index contributed by atoms with van der Waals surface area (Å²) in [5.74, 6) is 1.94. The molecular weight excluding hydrogens is 252 g/mol. The fourth-order valence-electron chi connectivity index (χ4n) is 1.67. The number of nitrogens with one attached hydrogen (secondary N) is 2. The second kappa shape index (κ2) is 6.87. The summed E-state index contributed by atoms with van der Waals surface area (Å²) < 4.78 is 0. The van der Waals surface area contributed by atoms with E-state index in [0.717, 1.165) is 12.2 Å². The van der Waals surface area contributed by atoms with Gasteiger partial charge in [0.15, 0.2) is 0 Å². The van der Waals surface area contributed by atoms with Gasteiger partial charge in [-0.15, -0.1) is 0 Å². The number of carbonyl (C=O) groups excluding carboxylic acids is 1. The number of carboxylic acid groups (broad SMARTS) is 1. The topological polar surface area (TPSA) is 78.4 Å². The lowest BCUT2D eigenvalue weighted by molar-refractivity contribution is -0.147. The van der Waals surface area contributed by atoms with Crippen molar-refractivity contribution in [3.05, 3.63) is 0 Å². The molecule has 5 nitrogen and oxygen atoms in total. The van der Waals surface area contributed by atoms with E-state index in [-0.39, 0.29) is 12.6 Å². The standard InChI is InChI=1S/C12H22N2O3S/c1-3-12(2,10(15)16)8-14-11(17)13-6-9-4-5-18-7-9/h9H,3-8H2,1-2H3,(H,15,16)(H2,13,14,17). The quantitative estimate of drug-likeness (QED) is 0.686. The van der Waals surface area contributed by atoms with Crippen molar-refractivity contribution in [2.45, 2.75) is 26.7 Å². The number of thioether (sulfide) groups is 1. The van der Waals surface area contributed by atoms with Gasteiger partial charge in [0.1, 0.15) is 0 Å². The van der Waals surface area contributed by atoms with E-state index < -0.39 is 11.4 Å². The normalized spacial score (nSPS) is 22.2. The number of hydrogen-bond donors (Lipinski definition) is 3. The number of carbonyl (C=O) groups is 2. The molecule has 0 spiro atoms. The highest BCUT2D eigenvalue weighted by Crippen LogP contribution is 2.22. The van der Waals surface area contributed by atoms with Gasteiger partial charge in [-0.1, -0.05) is 6.92 Å². The van der Waals surface area contributed by atoms with Crippen molar-refractivity contribution in [1.82, 2.24) is 10.6 Å². The first-order valence-electron chi connectivity index (χ1n) is 6.31. The molecule has 0 aromatic heterocycles. The van der Waals surface area contributed by atoms with Crippen LogP contribution in [-0.2, 0) is 4.79 Å². The third kappa shape index (κ3) is 4.40. The fourth-order valence-corrected chi connectivity index (χ4v) is 2.96. The number of rotatable bonds is 6. The van der Waals surface area contributed by atoms with Crippen LogP contribution in [0.3, 0.4) is 0 Å². The van der Waals surface area contributed by atoms with E-state index in [9.17, 15) is 9.59 Å². The molecule has 2 unspecified atom stereocenters. The van der Waals surface area contributed by atoms with Crippen LogP contribution in [0.15, 0.2) is 0 Å². The van der Waals surface area contributed by atoms with Crippen LogP contribution in [0.5, 0.6) is 0 Å². The second-order valence-corrected chi connectivity index (χ2v) is 6.16. The molecule has 0 bridgehead atoms. The Morgan fingerprint density at radius 1 is 1.44 bits per heavy atom.